The van der Waals surface area contributed by atoms with Crippen molar-refractivity contribution in [2.24, 2.45) is 7.05 Å². The summed E-state index contributed by atoms with van der Waals surface area (Å²) in [5.41, 5.74) is 2.19. The maximum Gasteiger partial charge on any atom is 0.151 e. The van der Waals surface area contributed by atoms with Gasteiger partial charge in [0.1, 0.15) is 5.15 Å². The maximum absolute atomic E-state index is 6.41. The van der Waals surface area contributed by atoms with E-state index in [2.05, 4.69) is 39.4 Å². The monoisotopic (exact) mass is 348 g/mol. The molecule has 24 heavy (non-hydrogen) atoms. The van der Waals surface area contributed by atoms with Crippen LogP contribution in [0.3, 0.4) is 0 Å². The van der Waals surface area contributed by atoms with E-state index < -0.39 is 0 Å². The van der Waals surface area contributed by atoms with Crippen LogP contribution in [0.15, 0.2) is 18.3 Å². The second kappa shape index (κ2) is 7.49. The third-order valence-electron chi connectivity index (χ3n) is 4.56. The molecule has 0 amide bonds. The fourth-order valence-corrected chi connectivity index (χ4v) is 3.56. The van der Waals surface area contributed by atoms with Crippen molar-refractivity contribution in [2.45, 2.75) is 45.2 Å². The minimum Gasteiger partial charge on any atom is -0.351 e. The Morgan fingerprint density at radius 2 is 2.25 bits per heavy atom. The zero-order valence-electron chi connectivity index (χ0n) is 14.5. The molecule has 0 saturated carbocycles. The van der Waals surface area contributed by atoms with Gasteiger partial charge >= 0.3 is 0 Å². The quantitative estimate of drug-likeness (QED) is 0.869. The lowest BCUT2D eigenvalue weighted by Gasteiger charge is -2.25. The molecule has 3 rings (SSSR count). The smallest absolute Gasteiger partial charge is 0.151 e. The van der Waals surface area contributed by atoms with E-state index >= 15 is 0 Å². The molecule has 3 heterocycles. The number of aromatic nitrogens is 4. The summed E-state index contributed by atoms with van der Waals surface area (Å²) in [6, 6.07) is 4.41. The molecule has 1 unspecified atom stereocenters. The maximum atomic E-state index is 6.41. The van der Waals surface area contributed by atoms with E-state index in [-0.39, 0.29) is 0 Å². The summed E-state index contributed by atoms with van der Waals surface area (Å²) in [5.74, 6) is 1.33. The molecule has 7 heteroatoms. The first-order valence-corrected chi connectivity index (χ1v) is 8.92. The normalized spacial score (nSPS) is 17.9. The van der Waals surface area contributed by atoms with Gasteiger partial charge < -0.3 is 10.2 Å². The van der Waals surface area contributed by atoms with Crippen molar-refractivity contribution in [3.63, 3.8) is 0 Å². The lowest BCUT2D eigenvalue weighted by Crippen LogP contribution is -2.38. The highest BCUT2D eigenvalue weighted by Crippen LogP contribution is 2.26. The van der Waals surface area contributed by atoms with Crippen molar-refractivity contribution in [3.8, 4) is 0 Å². The molecule has 1 aliphatic heterocycles. The van der Waals surface area contributed by atoms with E-state index in [0.29, 0.717) is 12.0 Å². The molecular formula is C17H25ClN6. The number of halogens is 1. The Balaban J connectivity index is 1.62. The molecular weight excluding hydrogens is 324 g/mol. The third kappa shape index (κ3) is 3.54. The lowest BCUT2D eigenvalue weighted by molar-refractivity contribution is 0.567. The Labute approximate surface area is 148 Å². The van der Waals surface area contributed by atoms with Crippen molar-refractivity contribution in [2.75, 3.05) is 18.0 Å². The van der Waals surface area contributed by atoms with E-state index in [1.54, 1.807) is 10.9 Å². The summed E-state index contributed by atoms with van der Waals surface area (Å²) in [7, 11) is 1.89. The first-order valence-electron chi connectivity index (χ1n) is 8.54. The summed E-state index contributed by atoms with van der Waals surface area (Å²) >= 11 is 6.41. The number of hydrogen-bond acceptors (Lipinski definition) is 5. The number of anilines is 1. The predicted octanol–water partition coefficient (Wildman–Crippen LogP) is 2.75. The van der Waals surface area contributed by atoms with Crippen LogP contribution in [0, 0.1) is 0 Å². The van der Waals surface area contributed by atoms with Gasteiger partial charge in [0.25, 0.3) is 0 Å². The molecule has 0 spiro atoms. The first-order chi connectivity index (χ1) is 11.6. The first kappa shape index (κ1) is 17.2. The Morgan fingerprint density at radius 3 is 2.96 bits per heavy atom. The average Bonchev–Trinajstić information content (AvgIpc) is 3.15. The van der Waals surface area contributed by atoms with Gasteiger partial charge in [0.05, 0.1) is 5.69 Å². The molecule has 0 aromatic carbocycles. The van der Waals surface area contributed by atoms with Crippen LogP contribution in [0.4, 0.5) is 5.82 Å². The molecule has 0 bridgehead atoms. The minimum absolute atomic E-state index is 0.364. The highest BCUT2D eigenvalue weighted by molar-refractivity contribution is 6.30. The van der Waals surface area contributed by atoms with Crippen molar-refractivity contribution in [3.05, 3.63) is 34.7 Å². The Kier molecular flexibility index (Phi) is 5.36. The molecule has 1 atom stereocenters. The zero-order valence-corrected chi connectivity index (χ0v) is 15.3. The lowest BCUT2D eigenvalue weighted by atomic mass is 10.1. The van der Waals surface area contributed by atoms with Gasteiger partial charge in [-0.05, 0) is 30.9 Å². The summed E-state index contributed by atoms with van der Waals surface area (Å²) in [4.78, 5) is 2.34. The van der Waals surface area contributed by atoms with Gasteiger partial charge in [-0.2, -0.15) is 10.2 Å². The summed E-state index contributed by atoms with van der Waals surface area (Å²) in [6.07, 6.45) is 4.07. The number of aryl methyl sites for hydroxylation is 1. The van der Waals surface area contributed by atoms with Crippen LogP contribution in [0.25, 0.3) is 0 Å². The number of nitrogens with one attached hydrogen (secondary N) is 1. The molecule has 1 aliphatic rings. The summed E-state index contributed by atoms with van der Waals surface area (Å²) in [6.45, 7) is 6.98. The topological polar surface area (TPSA) is 58.9 Å². The van der Waals surface area contributed by atoms with Crippen LogP contribution < -0.4 is 10.2 Å². The predicted molar refractivity (Wildman–Crippen MR) is 96.4 cm³/mol. The van der Waals surface area contributed by atoms with Crippen LogP contribution in [0.2, 0.25) is 5.15 Å². The van der Waals surface area contributed by atoms with E-state index in [9.17, 15) is 0 Å². The van der Waals surface area contributed by atoms with Gasteiger partial charge in [-0.25, -0.2) is 0 Å². The molecule has 6 nitrogen and oxygen atoms in total. The van der Waals surface area contributed by atoms with E-state index in [4.69, 9.17) is 11.6 Å². The highest BCUT2D eigenvalue weighted by atomic mass is 35.5. The molecule has 130 valence electrons. The molecule has 0 radical (unpaired) electrons. The van der Waals surface area contributed by atoms with E-state index in [1.165, 1.54) is 12.8 Å². The average molecular weight is 349 g/mol. The van der Waals surface area contributed by atoms with E-state index in [1.807, 2.05) is 19.2 Å². The summed E-state index contributed by atoms with van der Waals surface area (Å²) < 4.78 is 1.76. The molecule has 2 aromatic rings. The standard InChI is InChI=1S/C17H25ClN6/c1-12(2)16-14(17(18)23(3)22-16)11-19-10-13-6-5-9-24(13)15-7-4-8-20-21-15/h4,7-8,12-13,19H,5-6,9-11H2,1-3H3. The number of nitrogens with zero attached hydrogens (tertiary/aromatic N) is 5. The zero-order chi connectivity index (χ0) is 17.1. The Bertz CT molecular complexity index is 669. The van der Waals surface area contributed by atoms with Crippen LogP contribution >= 0.6 is 11.6 Å². The van der Waals surface area contributed by atoms with Crippen LogP contribution in [0.5, 0.6) is 0 Å². The van der Waals surface area contributed by atoms with Crippen molar-refractivity contribution >= 4 is 17.4 Å². The molecule has 1 fully saturated rings. The van der Waals surface area contributed by atoms with E-state index in [0.717, 1.165) is 41.9 Å². The second-order valence-electron chi connectivity index (χ2n) is 6.64. The fourth-order valence-electron chi connectivity index (χ4n) is 3.35. The number of hydrogen-bond donors (Lipinski definition) is 1. The van der Waals surface area contributed by atoms with Crippen molar-refractivity contribution < 1.29 is 0 Å². The Hall–Kier alpha value is -1.66. The number of rotatable bonds is 6. The third-order valence-corrected chi connectivity index (χ3v) is 5.03. The largest absolute Gasteiger partial charge is 0.351 e. The van der Waals surface area contributed by atoms with Crippen molar-refractivity contribution in [1.29, 1.82) is 0 Å². The summed E-state index contributed by atoms with van der Waals surface area (Å²) in [5, 5.41) is 17.1. The SMILES string of the molecule is CC(C)c1nn(C)c(Cl)c1CNCC1CCCN1c1cccnn1. The molecule has 0 aliphatic carbocycles. The van der Waals surface area contributed by atoms with Crippen LogP contribution in [-0.4, -0.2) is 39.1 Å². The van der Waals surface area contributed by atoms with Crippen LogP contribution in [-0.2, 0) is 13.6 Å². The molecule has 2 aromatic heterocycles. The minimum atomic E-state index is 0.364. The van der Waals surface area contributed by atoms with Crippen LogP contribution in [0.1, 0.15) is 43.9 Å². The van der Waals surface area contributed by atoms with Crippen molar-refractivity contribution in [1.82, 2.24) is 25.3 Å². The van der Waals surface area contributed by atoms with Gasteiger partial charge in [-0.3, -0.25) is 4.68 Å². The van der Waals surface area contributed by atoms with Gasteiger partial charge in [0.15, 0.2) is 5.82 Å². The van der Waals surface area contributed by atoms with Gasteiger partial charge in [-0.1, -0.05) is 25.4 Å². The van der Waals surface area contributed by atoms with Gasteiger partial charge in [-0.15, -0.1) is 5.10 Å². The van der Waals surface area contributed by atoms with Gasteiger partial charge in [0.2, 0.25) is 0 Å². The highest BCUT2D eigenvalue weighted by Gasteiger charge is 2.26. The second-order valence-corrected chi connectivity index (χ2v) is 6.99. The molecule has 1 N–H and O–H groups in total. The Morgan fingerprint density at radius 1 is 1.42 bits per heavy atom. The molecule has 1 saturated heterocycles. The van der Waals surface area contributed by atoms with Gasteiger partial charge in [0, 0.05) is 44.5 Å². The fraction of sp³-hybridized carbons (Fsp3) is 0.588.